The highest BCUT2D eigenvalue weighted by Crippen LogP contribution is 2.45. The van der Waals surface area contributed by atoms with Gasteiger partial charge in [0.05, 0.1) is 19.8 Å². The summed E-state index contributed by atoms with van der Waals surface area (Å²) in [7, 11) is -2.77. The molecule has 0 atom stereocenters. The molecule has 7 heteroatoms. The monoisotopic (exact) mass is 568 g/mol. The first kappa shape index (κ1) is 39.6. The second-order valence-electron chi connectivity index (χ2n) is 10.7. The van der Waals surface area contributed by atoms with Crippen molar-refractivity contribution in [2.75, 3.05) is 50.6 Å². The van der Waals surface area contributed by atoms with Gasteiger partial charge >= 0.3 is 0 Å². The van der Waals surface area contributed by atoms with Crippen LogP contribution in [0.25, 0.3) is 0 Å². The highest BCUT2D eigenvalue weighted by atomic mass is 31.2. The highest BCUT2D eigenvalue weighted by Gasteiger charge is 2.19. The summed E-state index contributed by atoms with van der Waals surface area (Å²) in [6.45, 7) is 4.46. The molecule has 0 radical (unpaired) electrons. The molecule has 0 bridgehead atoms. The van der Waals surface area contributed by atoms with Crippen LogP contribution in [-0.4, -0.2) is 71.0 Å². The van der Waals surface area contributed by atoms with E-state index >= 15 is 0 Å². The Bertz CT molecular complexity index is 451. The summed E-state index contributed by atoms with van der Waals surface area (Å²) in [4.78, 5) is 0. The fourth-order valence-electron chi connectivity index (χ4n) is 4.60. The topological polar surface area (TPSA) is 98.0 Å². The predicted molar refractivity (Wildman–Crippen MR) is 166 cm³/mol. The first-order chi connectivity index (χ1) is 18.0. The second-order valence-corrected chi connectivity index (χ2v) is 16.5. The lowest BCUT2D eigenvalue weighted by Gasteiger charge is -2.15. The Labute approximate surface area is 232 Å². The number of aliphatic hydroxyl groups is 4. The zero-order valence-corrected chi connectivity index (χ0v) is 26.7. The molecule has 0 fully saturated rings. The summed E-state index contributed by atoms with van der Waals surface area (Å²) >= 11 is 0. The molecule has 0 aliphatic rings. The van der Waals surface area contributed by atoms with E-state index in [2.05, 4.69) is 13.8 Å². The van der Waals surface area contributed by atoms with Crippen molar-refractivity contribution in [1.29, 1.82) is 0 Å². The standard InChI is InChI=1S/C16H35O3P.C14H31O2P/c1-2-3-4-5-6-7-8-9-10-11-14-20(19,15-12-17)16-13-18;1-2-3-4-5-6-7-8-9-10-11-12-17(13-15)14-16/h17-18H,2-16H2,1H3;15-16H,2-14H2,1H3. The van der Waals surface area contributed by atoms with Crippen LogP contribution in [0.15, 0.2) is 0 Å². The van der Waals surface area contributed by atoms with Crippen molar-refractivity contribution in [3.63, 3.8) is 0 Å². The van der Waals surface area contributed by atoms with Crippen LogP contribution < -0.4 is 0 Å². The van der Waals surface area contributed by atoms with E-state index in [1.165, 1.54) is 116 Å². The molecule has 226 valence electrons. The third-order valence-corrected chi connectivity index (χ3v) is 12.1. The van der Waals surface area contributed by atoms with Crippen LogP contribution in [0.1, 0.15) is 142 Å². The van der Waals surface area contributed by atoms with Gasteiger partial charge in [-0.3, -0.25) is 0 Å². The van der Waals surface area contributed by atoms with Crippen LogP contribution in [-0.2, 0) is 4.57 Å². The van der Waals surface area contributed by atoms with Gasteiger partial charge in [0.25, 0.3) is 0 Å². The van der Waals surface area contributed by atoms with Crippen LogP contribution >= 0.6 is 15.1 Å². The molecule has 37 heavy (non-hydrogen) atoms. The van der Waals surface area contributed by atoms with E-state index in [0.29, 0.717) is 18.5 Å². The molecule has 0 heterocycles. The molecule has 0 unspecified atom stereocenters. The predicted octanol–water partition coefficient (Wildman–Crippen LogP) is 8.54. The minimum atomic E-state index is -2.29. The zero-order valence-electron chi connectivity index (χ0n) is 24.9. The van der Waals surface area contributed by atoms with Gasteiger partial charge in [-0.2, -0.15) is 0 Å². The Morgan fingerprint density at radius 1 is 0.459 bits per heavy atom. The van der Waals surface area contributed by atoms with Gasteiger partial charge in [-0.25, -0.2) is 0 Å². The third-order valence-electron chi connectivity index (χ3n) is 7.16. The molecule has 0 aliphatic carbocycles. The van der Waals surface area contributed by atoms with Crippen LogP contribution in [0.4, 0.5) is 0 Å². The van der Waals surface area contributed by atoms with E-state index in [-0.39, 0.29) is 25.9 Å². The zero-order chi connectivity index (χ0) is 27.9. The summed E-state index contributed by atoms with van der Waals surface area (Å²) in [5, 5.41) is 35.7. The maximum absolute atomic E-state index is 12.3. The van der Waals surface area contributed by atoms with Gasteiger partial charge in [0, 0.05) is 31.7 Å². The summed E-state index contributed by atoms with van der Waals surface area (Å²) in [5.74, 6) is 0. The summed E-state index contributed by atoms with van der Waals surface area (Å²) in [6.07, 6.45) is 29.1. The van der Waals surface area contributed by atoms with Crippen molar-refractivity contribution in [2.24, 2.45) is 0 Å². The van der Waals surface area contributed by atoms with E-state index in [0.717, 1.165) is 19.0 Å². The van der Waals surface area contributed by atoms with Crippen molar-refractivity contribution in [1.82, 2.24) is 0 Å². The highest BCUT2D eigenvalue weighted by molar-refractivity contribution is 7.63. The van der Waals surface area contributed by atoms with Crippen LogP contribution in [0, 0.1) is 0 Å². The molecule has 0 spiro atoms. The molecule has 0 saturated carbocycles. The summed E-state index contributed by atoms with van der Waals surface area (Å²) < 4.78 is 12.3. The molecule has 5 nitrogen and oxygen atoms in total. The Hall–Kier alpha value is 0.500. The molecule has 0 aromatic rings. The summed E-state index contributed by atoms with van der Waals surface area (Å²) in [5.41, 5.74) is 0. The minimum absolute atomic E-state index is 0.0188. The quantitative estimate of drug-likeness (QED) is 0.0560. The number of unbranched alkanes of at least 4 members (excludes halogenated alkanes) is 18. The molecule has 0 aliphatic heterocycles. The van der Waals surface area contributed by atoms with Gasteiger partial charge in [0.2, 0.25) is 0 Å². The molecular weight excluding hydrogens is 502 g/mol. The SMILES string of the molecule is CCCCCCCCCCCCP(=O)(CCO)CCO.CCCCCCCCCCCCP(CO)CO. The lowest BCUT2D eigenvalue weighted by molar-refractivity contribution is 0.311. The smallest absolute Gasteiger partial charge is 0.0922 e. The van der Waals surface area contributed by atoms with Crippen LogP contribution in [0.2, 0.25) is 0 Å². The second kappa shape index (κ2) is 32.7. The molecule has 0 aromatic heterocycles. The molecule has 0 amide bonds. The maximum Gasteiger partial charge on any atom is 0.0922 e. The molecule has 0 saturated heterocycles. The van der Waals surface area contributed by atoms with E-state index in [1.54, 1.807) is 0 Å². The normalized spacial score (nSPS) is 11.6. The van der Waals surface area contributed by atoms with Gasteiger partial charge < -0.3 is 25.0 Å². The van der Waals surface area contributed by atoms with Crippen molar-refractivity contribution in [3.05, 3.63) is 0 Å². The van der Waals surface area contributed by atoms with Gasteiger partial charge in [-0.05, 0) is 19.0 Å². The molecular formula is C30H66O5P2. The number of rotatable bonds is 28. The van der Waals surface area contributed by atoms with E-state index in [1.807, 2.05) is 0 Å². The van der Waals surface area contributed by atoms with E-state index in [4.69, 9.17) is 20.4 Å². The van der Waals surface area contributed by atoms with E-state index < -0.39 is 15.1 Å². The van der Waals surface area contributed by atoms with Crippen molar-refractivity contribution in [2.45, 2.75) is 142 Å². The first-order valence-electron chi connectivity index (χ1n) is 15.8. The molecule has 4 N–H and O–H groups in total. The molecule has 0 aromatic carbocycles. The van der Waals surface area contributed by atoms with Gasteiger partial charge in [-0.15, -0.1) is 0 Å². The van der Waals surface area contributed by atoms with Gasteiger partial charge in [-0.1, -0.05) is 137 Å². The first-order valence-corrected chi connectivity index (χ1v) is 19.9. The Balaban J connectivity index is 0. The van der Waals surface area contributed by atoms with Crippen LogP contribution in [0.3, 0.4) is 0 Å². The van der Waals surface area contributed by atoms with Crippen molar-refractivity contribution >= 4 is 15.1 Å². The number of hydrogen-bond donors (Lipinski definition) is 4. The Morgan fingerprint density at radius 3 is 1.11 bits per heavy atom. The Kier molecular flexibility index (Phi) is 35.0. The van der Waals surface area contributed by atoms with Gasteiger partial charge in [0.15, 0.2) is 0 Å². The third kappa shape index (κ3) is 30.9. The number of aliphatic hydroxyl groups excluding tert-OH is 4. The summed E-state index contributed by atoms with van der Waals surface area (Å²) in [6, 6.07) is 0. The lowest BCUT2D eigenvalue weighted by atomic mass is 10.1. The number of hydrogen-bond acceptors (Lipinski definition) is 5. The van der Waals surface area contributed by atoms with E-state index in [9.17, 15) is 4.57 Å². The molecule has 0 rings (SSSR count). The fourth-order valence-corrected chi connectivity index (χ4v) is 7.84. The minimum Gasteiger partial charge on any atom is -0.396 e. The average Bonchev–Trinajstić information content (AvgIpc) is 2.89. The fraction of sp³-hybridized carbons (Fsp3) is 1.00. The Morgan fingerprint density at radius 2 is 0.784 bits per heavy atom. The van der Waals surface area contributed by atoms with Gasteiger partial charge in [0.1, 0.15) is 0 Å². The lowest BCUT2D eigenvalue weighted by Crippen LogP contribution is -2.06. The van der Waals surface area contributed by atoms with Crippen molar-refractivity contribution < 1.29 is 25.0 Å². The van der Waals surface area contributed by atoms with Crippen molar-refractivity contribution in [3.8, 4) is 0 Å². The maximum atomic E-state index is 12.3. The largest absolute Gasteiger partial charge is 0.396 e. The average molecular weight is 569 g/mol. The van der Waals surface area contributed by atoms with Crippen LogP contribution in [0.5, 0.6) is 0 Å².